The summed E-state index contributed by atoms with van der Waals surface area (Å²) in [7, 11) is 0. The molecule has 1 heterocycles. The maximum atomic E-state index is 12.2. The number of nitrogens with zero attached hydrogens (tertiary/aromatic N) is 1. The Morgan fingerprint density at radius 1 is 1.30 bits per heavy atom. The normalized spacial score (nSPS) is 22.4. The summed E-state index contributed by atoms with van der Waals surface area (Å²) < 4.78 is 5.49. The first kappa shape index (κ1) is 14.6. The van der Waals surface area contributed by atoms with Crippen LogP contribution in [0.15, 0.2) is 24.3 Å². The minimum absolute atomic E-state index is 0.00963. The van der Waals surface area contributed by atoms with Crippen LogP contribution >= 0.6 is 0 Å². The molecular formula is C16H21NO3. The van der Waals surface area contributed by atoms with Crippen molar-refractivity contribution >= 4 is 12.2 Å². The highest BCUT2D eigenvalue weighted by molar-refractivity contribution is 5.80. The molecule has 1 amide bonds. The van der Waals surface area contributed by atoms with Gasteiger partial charge in [0.1, 0.15) is 5.75 Å². The fourth-order valence-corrected chi connectivity index (χ4v) is 2.81. The largest absolute Gasteiger partial charge is 0.483 e. The number of hydrogen-bond acceptors (Lipinski definition) is 3. The Morgan fingerprint density at radius 3 is 2.60 bits per heavy atom. The van der Waals surface area contributed by atoms with E-state index in [1.807, 2.05) is 4.90 Å². The first-order valence-corrected chi connectivity index (χ1v) is 7.05. The minimum Gasteiger partial charge on any atom is -0.483 e. The monoisotopic (exact) mass is 275 g/mol. The van der Waals surface area contributed by atoms with Crippen molar-refractivity contribution in [2.45, 2.75) is 20.3 Å². The number of amides is 1. The van der Waals surface area contributed by atoms with Gasteiger partial charge in [-0.15, -0.1) is 0 Å². The number of ether oxygens (including phenoxy) is 1. The predicted molar refractivity (Wildman–Crippen MR) is 76.8 cm³/mol. The molecular weight excluding hydrogens is 254 g/mol. The van der Waals surface area contributed by atoms with E-state index in [4.69, 9.17) is 4.74 Å². The molecule has 1 fully saturated rings. The number of benzene rings is 1. The van der Waals surface area contributed by atoms with Gasteiger partial charge in [0.05, 0.1) is 5.56 Å². The fraction of sp³-hybridized carbons (Fsp3) is 0.500. The summed E-state index contributed by atoms with van der Waals surface area (Å²) in [6, 6.07) is 6.95. The van der Waals surface area contributed by atoms with E-state index < -0.39 is 0 Å². The molecule has 0 spiro atoms. The molecule has 1 aromatic carbocycles. The molecule has 0 bridgehead atoms. The molecule has 1 saturated heterocycles. The van der Waals surface area contributed by atoms with Gasteiger partial charge in [-0.25, -0.2) is 0 Å². The van der Waals surface area contributed by atoms with Crippen molar-refractivity contribution in [3.05, 3.63) is 29.8 Å². The summed E-state index contributed by atoms with van der Waals surface area (Å²) in [5.41, 5.74) is 0.473. The molecule has 108 valence electrons. The van der Waals surface area contributed by atoms with E-state index in [1.165, 1.54) is 6.42 Å². The molecule has 0 saturated carbocycles. The molecule has 2 rings (SSSR count). The zero-order valence-electron chi connectivity index (χ0n) is 12.0. The molecule has 20 heavy (non-hydrogen) atoms. The lowest BCUT2D eigenvalue weighted by molar-refractivity contribution is -0.136. The van der Waals surface area contributed by atoms with Crippen molar-refractivity contribution in [2.75, 3.05) is 19.7 Å². The SMILES string of the molecule is CC1CC(C)CN(C(=O)COc2ccccc2C=O)C1. The highest BCUT2D eigenvalue weighted by Crippen LogP contribution is 2.21. The number of carbonyl (C=O) groups is 2. The standard InChI is InChI=1S/C16H21NO3/c1-12-7-13(2)9-17(8-12)16(19)11-20-15-6-4-3-5-14(15)10-18/h3-6,10,12-13H,7-9,11H2,1-2H3. The third-order valence-electron chi connectivity index (χ3n) is 3.62. The van der Waals surface area contributed by atoms with Gasteiger partial charge in [0.25, 0.3) is 5.91 Å². The second kappa shape index (κ2) is 6.55. The van der Waals surface area contributed by atoms with Gasteiger partial charge in [-0.3, -0.25) is 9.59 Å². The molecule has 1 aliphatic heterocycles. The van der Waals surface area contributed by atoms with E-state index >= 15 is 0 Å². The van der Waals surface area contributed by atoms with Crippen LogP contribution in [0.1, 0.15) is 30.6 Å². The zero-order valence-corrected chi connectivity index (χ0v) is 12.0. The van der Waals surface area contributed by atoms with E-state index in [0.717, 1.165) is 19.4 Å². The van der Waals surface area contributed by atoms with Crippen molar-refractivity contribution in [1.29, 1.82) is 0 Å². The number of rotatable bonds is 4. The molecule has 0 aliphatic carbocycles. The number of likely N-dealkylation sites (tertiary alicyclic amines) is 1. The third kappa shape index (κ3) is 3.59. The van der Waals surface area contributed by atoms with Crippen LogP contribution in [0, 0.1) is 11.8 Å². The maximum absolute atomic E-state index is 12.2. The summed E-state index contributed by atoms with van der Waals surface area (Å²) >= 11 is 0. The van der Waals surface area contributed by atoms with Gasteiger partial charge >= 0.3 is 0 Å². The van der Waals surface area contributed by atoms with Crippen molar-refractivity contribution in [2.24, 2.45) is 11.8 Å². The van der Waals surface area contributed by atoms with E-state index in [9.17, 15) is 9.59 Å². The third-order valence-corrected chi connectivity index (χ3v) is 3.62. The van der Waals surface area contributed by atoms with Gasteiger partial charge in [0, 0.05) is 13.1 Å². The van der Waals surface area contributed by atoms with Crippen LogP contribution in [-0.2, 0) is 4.79 Å². The zero-order chi connectivity index (χ0) is 14.5. The highest BCUT2D eigenvalue weighted by atomic mass is 16.5. The smallest absolute Gasteiger partial charge is 0.260 e. The number of hydrogen-bond donors (Lipinski definition) is 0. The van der Waals surface area contributed by atoms with Crippen molar-refractivity contribution in [3.8, 4) is 5.75 Å². The summed E-state index contributed by atoms with van der Waals surface area (Å²) in [6.45, 7) is 5.91. The highest BCUT2D eigenvalue weighted by Gasteiger charge is 2.25. The quantitative estimate of drug-likeness (QED) is 0.793. The summed E-state index contributed by atoms with van der Waals surface area (Å²) in [5.74, 6) is 1.52. The first-order chi connectivity index (χ1) is 9.60. The molecule has 0 N–H and O–H groups in total. The maximum Gasteiger partial charge on any atom is 0.260 e. The van der Waals surface area contributed by atoms with E-state index in [1.54, 1.807) is 24.3 Å². The molecule has 2 unspecified atom stereocenters. The Labute approximate surface area is 119 Å². The van der Waals surface area contributed by atoms with E-state index in [0.29, 0.717) is 23.1 Å². The number of aldehydes is 1. The van der Waals surface area contributed by atoms with Crippen LogP contribution < -0.4 is 4.74 Å². The average molecular weight is 275 g/mol. The van der Waals surface area contributed by atoms with Crippen molar-refractivity contribution in [1.82, 2.24) is 4.90 Å². The Hall–Kier alpha value is -1.84. The summed E-state index contributed by atoms with van der Waals surface area (Å²) in [4.78, 5) is 24.9. The van der Waals surface area contributed by atoms with Crippen LogP contribution in [0.5, 0.6) is 5.75 Å². The molecule has 2 atom stereocenters. The lowest BCUT2D eigenvalue weighted by atomic mass is 9.92. The lowest BCUT2D eigenvalue weighted by Gasteiger charge is -2.34. The molecule has 0 radical (unpaired) electrons. The van der Waals surface area contributed by atoms with Crippen molar-refractivity contribution < 1.29 is 14.3 Å². The molecule has 1 aromatic rings. The fourth-order valence-electron chi connectivity index (χ4n) is 2.81. The van der Waals surface area contributed by atoms with Crippen LogP contribution in [0.25, 0.3) is 0 Å². The van der Waals surface area contributed by atoms with Gasteiger partial charge < -0.3 is 9.64 Å². The van der Waals surface area contributed by atoms with Gasteiger partial charge in [0.15, 0.2) is 12.9 Å². The summed E-state index contributed by atoms with van der Waals surface area (Å²) in [5, 5.41) is 0. The molecule has 4 heteroatoms. The number of para-hydroxylation sites is 1. The van der Waals surface area contributed by atoms with E-state index in [2.05, 4.69) is 13.8 Å². The Balaban J connectivity index is 1.93. The van der Waals surface area contributed by atoms with Crippen LogP contribution in [0.3, 0.4) is 0 Å². The molecule has 1 aliphatic rings. The van der Waals surface area contributed by atoms with Crippen LogP contribution in [0.2, 0.25) is 0 Å². The Kier molecular flexibility index (Phi) is 4.77. The van der Waals surface area contributed by atoms with Crippen molar-refractivity contribution in [3.63, 3.8) is 0 Å². The van der Waals surface area contributed by atoms with Gasteiger partial charge in [-0.05, 0) is 30.4 Å². The van der Waals surface area contributed by atoms with Gasteiger partial charge in [0.2, 0.25) is 0 Å². The summed E-state index contributed by atoms with van der Waals surface area (Å²) in [6.07, 6.45) is 1.91. The van der Waals surface area contributed by atoms with Gasteiger partial charge in [-0.2, -0.15) is 0 Å². The van der Waals surface area contributed by atoms with Crippen LogP contribution in [-0.4, -0.2) is 36.8 Å². The average Bonchev–Trinajstić information content (AvgIpc) is 2.44. The van der Waals surface area contributed by atoms with Crippen LogP contribution in [0.4, 0.5) is 0 Å². The second-order valence-electron chi connectivity index (χ2n) is 5.69. The molecule has 4 nitrogen and oxygen atoms in total. The lowest BCUT2D eigenvalue weighted by Crippen LogP contribution is -2.44. The second-order valence-corrected chi connectivity index (χ2v) is 5.69. The first-order valence-electron chi connectivity index (χ1n) is 7.05. The number of piperidine rings is 1. The topological polar surface area (TPSA) is 46.6 Å². The Morgan fingerprint density at radius 2 is 1.95 bits per heavy atom. The molecule has 0 aromatic heterocycles. The number of carbonyl (C=O) groups excluding carboxylic acids is 2. The predicted octanol–water partition coefficient (Wildman–Crippen LogP) is 2.38. The minimum atomic E-state index is -0.0101. The Bertz CT molecular complexity index is 476. The van der Waals surface area contributed by atoms with E-state index in [-0.39, 0.29) is 12.5 Å². The van der Waals surface area contributed by atoms with Gasteiger partial charge in [-0.1, -0.05) is 26.0 Å².